The fraction of sp³-hybridized carbons (Fsp3) is 0.429. The first kappa shape index (κ1) is 13.4. The number of anilines is 1. The summed E-state index contributed by atoms with van der Waals surface area (Å²) in [5, 5.41) is 21.1. The van der Waals surface area contributed by atoms with Gasteiger partial charge in [-0.05, 0) is 12.5 Å². The molecule has 1 atom stereocenters. The van der Waals surface area contributed by atoms with Crippen molar-refractivity contribution < 1.29 is 9.90 Å². The van der Waals surface area contributed by atoms with Crippen LogP contribution in [0.15, 0.2) is 24.3 Å². The maximum atomic E-state index is 11.8. The molecule has 1 aromatic carbocycles. The van der Waals surface area contributed by atoms with E-state index in [-0.39, 0.29) is 12.5 Å². The first-order valence-corrected chi connectivity index (χ1v) is 6.38. The first-order valence-electron chi connectivity index (χ1n) is 6.38. The summed E-state index contributed by atoms with van der Waals surface area (Å²) in [5.41, 5.74) is 1.79. The molecule has 0 aliphatic carbocycles. The molecule has 5 heteroatoms. The van der Waals surface area contributed by atoms with E-state index in [1.165, 1.54) is 0 Å². The van der Waals surface area contributed by atoms with E-state index >= 15 is 0 Å². The molecule has 0 radical (unpaired) electrons. The number of hydrogen-bond acceptors (Lipinski definition) is 4. The van der Waals surface area contributed by atoms with E-state index in [0.29, 0.717) is 25.9 Å². The number of carbonyl (C=O) groups excluding carboxylic acids is 1. The van der Waals surface area contributed by atoms with Gasteiger partial charge in [-0.1, -0.05) is 18.2 Å². The van der Waals surface area contributed by atoms with Crippen molar-refractivity contribution in [3.8, 4) is 6.07 Å². The van der Waals surface area contributed by atoms with Crippen molar-refractivity contribution >= 4 is 11.6 Å². The topological polar surface area (TPSA) is 76.4 Å². The summed E-state index contributed by atoms with van der Waals surface area (Å²) in [4.78, 5) is 13.7. The Kier molecular flexibility index (Phi) is 4.37. The molecule has 0 saturated heterocycles. The zero-order valence-corrected chi connectivity index (χ0v) is 10.7. The molecular weight excluding hydrogens is 242 g/mol. The Morgan fingerprint density at radius 3 is 3.11 bits per heavy atom. The van der Waals surface area contributed by atoms with Crippen molar-refractivity contribution in [3.05, 3.63) is 29.8 Å². The lowest BCUT2D eigenvalue weighted by molar-refractivity contribution is -0.119. The Hall–Kier alpha value is -2.06. The first-order chi connectivity index (χ1) is 9.22. The molecule has 2 N–H and O–H groups in total. The van der Waals surface area contributed by atoms with Crippen molar-refractivity contribution in [3.63, 3.8) is 0 Å². The zero-order valence-electron chi connectivity index (χ0n) is 10.7. The Bertz CT molecular complexity index is 496. The number of hydrogen-bond donors (Lipinski definition) is 2. The highest BCUT2D eigenvalue weighted by molar-refractivity contribution is 5.82. The Balaban J connectivity index is 2.01. The van der Waals surface area contributed by atoms with Crippen LogP contribution in [0.3, 0.4) is 0 Å². The summed E-state index contributed by atoms with van der Waals surface area (Å²) in [5.74, 6) is -0.0959. The van der Waals surface area contributed by atoms with Crippen LogP contribution in [0.5, 0.6) is 0 Å². The van der Waals surface area contributed by atoms with E-state index in [1.54, 1.807) is 0 Å². The Morgan fingerprint density at radius 2 is 2.32 bits per heavy atom. The number of aliphatic hydroxyl groups is 1. The van der Waals surface area contributed by atoms with Gasteiger partial charge in [-0.2, -0.15) is 5.26 Å². The lowest BCUT2D eigenvalue weighted by Gasteiger charge is -2.33. The molecule has 2 rings (SSSR count). The standard InChI is InChI=1S/C14H17N3O2/c15-7-3-8-16-14(19)10-17-9-6-13(18)11-4-1-2-5-12(11)17/h1-2,4-5,13,18H,3,6,8-10H2,(H,16,19). The summed E-state index contributed by atoms with van der Waals surface area (Å²) in [6.45, 7) is 1.30. The van der Waals surface area contributed by atoms with Gasteiger partial charge in [0, 0.05) is 24.3 Å². The molecule has 100 valence electrons. The van der Waals surface area contributed by atoms with Crippen LogP contribution < -0.4 is 10.2 Å². The smallest absolute Gasteiger partial charge is 0.239 e. The fourth-order valence-corrected chi connectivity index (χ4v) is 2.26. The van der Waals surface area contributed by atoms with Crippen molar-refractivity contribution in [2.24, 2.45) is 0 Å². The number of aliphatic hydroxyl groups excluding tert-OH is 1. The third-order valence-corrected chi connectivity index (χ3v) is 3.20. The van der Waals surface area contributed by atoms with Gasteiger partial charge in [-0.3, -0.25) is 4.79 Å². The van der Waals surface area contributed by atoms with E-state index in [9.17, 15) is 9.90 Å². The highest BCUT2D eigenvalue weighted by Gasteiger charge is 2.24. The fourth-order valence-electron chi connectivity index (χ4n) is 2.26. The quantitative estimate of drug-likeness (QED) is 0.790. The molecule has 0 saturated carbocycles. The number of carbonyl (C=O) groups is 1. The van der Waals surface area contributed by atoms with Crippen LogP contribution in [0.1, 0.15) is 24.5 Å². The summed E-state index contributed by atoms with van der Waals surface area (Å²) >= 11 is 0. The lowest BCUT2D eigenvalue weighted by atomic mass is 9.99. The lowest BCUT2D eigenvalue weighted by Crippen LogP contribution is -2.40. The minimum Gasteiger partial charge on any atom is -0.388 e. The molecule has 1 heterocycles. The monoisotopic (exact) mass is 259 g/mol. The molecule has 1 amide bonds. The van der Waals surface area contributed by atoms with Gasteiger partial charge in [-0.15, -0.1) is 0 Å². The van der Waals surface area contributed by atoms with Crippen molar-refractivity contribution in [1.82, 2.24) is 5.32 Å². The number of nitriles is 1. The Morgan fingerprint density at radius 1 is 1.53 bits per heavy atom. The Labute approximate surface area is 112 Å². The number of nitrogens with zero attached hydrogens (tertiary/aromatic N) is 2. The van der Waals surface area contributed by atoms with Gasteiger partial charge in [-0.25, -0.2) is 0 Å². The number of fused-ring (bicyclic) bond motifs is 1. The van der Waals surface area contributed by atoms with Crippen LogP contribution in [-0.2, 0) is 4.79 Å². The van der Waals surface area contributed by atoms with Crippen LogP contribution in [0.2, 0.25) is 0 Å². The van der Waals surface area contributed by atoms with Crippen molar-refractivity contribution in [2.75, 3.05) is 24.5 Å². The predicted octanol–water partition coefficient (Wildman–Crippen LogP) is 0.960. The van der Waals surface area contributed by atoms with E-state index in [0.717, 1.165) is 11.3 Å². The summed E-state index contributed by atoms with van der Waals surface area (Å²) in [6.07, 6.45) is 0.498. The molecule has 0 aromatic heterocycles. The molecule has 19 heavy (non-hydrogen) atoms. The van der Waals surface area contributed by atoms with E-state index in [4.69, 9.17) is 5.26 Å². The summed E-state index contributed by atoms with van der Waals surface area (Å²) in [7, 11) is 0. The van der Waals surface area contributed by atoms with Crippen LogP contribution in [-0.4, -0.2) is 30.6 Å². The third kappa shape index (κ3) is 3.24. The molecule has 5 nitrogen and oxygen atoms in total. The third-order valence-electron chi connectivity index (χ3n) is 3.20. The number of amides is 1. The van der Waals surface area contributed by atoms with E-state index in [2.05, 4.69) is 5.32 Å². The number of nitrogens with one attached hydrogen (secondary N) is 1. The number of benzene rings is 1. The number of para-hydroxylation sites is 1. The predicted molar refractivity (Wildman–Crippen MR) is 71.5 cm³/mol. The minimum absolute atomic E-state index is 0.0959. The van der Waals surface area contributed by atoms with Gasteiger partial charge < -0.3 is 15.3 Å². The molecular formula is C14H17N3O2. The molecule has 0 fully saturated rings. The summed E-state index contributed by atoms with van der Waals surface area (Å²) < 4.78 is 0. The highest BCUT2D eigenvalue weighted by Crippen LogP contribution is 2.32. The van der Waals surface area contributed by atoms with E-state index in [1.807, 2.05) is 35.2 Å². The molecule has 1 aliphatic heterocycles. The SMILES string of the molecule is N#CCCNC(=O)CN1CCC(O)c2ccccc21. The van der Waals surface area contributed by atoms with Gasteiger partial charge in [0.2, 0.25) is 5.91 Å². The summed E-state index contributed by atoms with van der Waals surface area (Å²) in [6, 6.07) is 9.58. The van der Waals surface area contributed by atoms with Crippen LogP contribution >= 0.6 is 0 Å². The molecule has 0 bridgehead atoms. The van der Waals surface area contributed by atoms with Gasteiger partial charge in [0.05, 0.1) is 25.1 Å². The second-order valence-corrected chi connectivity index (χ2v) is 4.54. The highest BCUT2D eigenvalue weighted by atomic mass is 16.3. The second-order valence-electron chi connectivity index (χ2n) is 4.54. The molecule has 1 aliphatic rings. The van der Waals surface area contributed by atoms with Crippen LogP contribution in [0.4, 0.5) is 5.69 Å². The van der Waals surface area contributed by atoms with Crippen molar-refractivity contribution in [1.29, 1.82) is 5.26 Å². The average molecular weight is 259 g/mol. The van der Waals surface area contributed by atoms with Gasteiger partial charge in [0.1, 0.15) is 0 Å². The van der Waals surface area contributed by atoms with E-state index < -0.39 is 6.10 Å². The van der Waals surface area contributed by atoms with Gasteiger partial charge in [0.25, 0.3) is 0 Å². The number of rotatable bonds is 4. The molecule has 1 unspecified atom stereocenters. The van der Waals surface area contributed by atoms with Gasteiger partial charge >= 0.3 is 0 Å². The van der Waals surface area contributed by atoms with Gasteiger partial charge in [0.15, 0.2) is 0 Å². The van der Waals surface area contributed by atoms with Crippen LogP contribution in [0.25, 0.3) is 0 Å². The zero-order chi connectivity index (χ0) is 13.7. The second kappa shape index (κ2) is 6.21. The van der Waals surface area contributed by atoms with Crippen LogP contribution in [0, 0.1) is 11.3 Å². The minimum atomic E-state index is -0.450. The normalized spacial score (nSPS) is 17.5. The maximum absolute atomic E-state index is 11.8. The van der Waals surface area contributed by atoms with Crippen molar-refractivity contribution in [2.45, 2.75) is 18.9 Å². The molecule has 1 aromatic rings. The largest absolute Gasteiger partial charge is 0.388 e. The maximum Gasteiger partial charge on any atom is 0.239 e. The molecule has 0 spiro atoms. The average Bonchev–Trinajstić information content (AvgIpc) is 2.43.